The number of carbonyl (C=O) groups is 2. The highest BCUT2D eigenvalue weighted by Gasteiger charge is 2.31. The van der Waals surface area contributed by atoms with Crippen LogP contribution >= 0.6 is 11.6 Å². The first-order chi connectivity index (χ1) is 15.7. The Morgan fingerprint density at radius 3 is 2.76 bits per heavy atom. The van der Waals surface area contributed by atoms with Crippen LogP contribution in [0.4, 0.5) is 11.5 Å². The normalized spacial score (nSPS) is 19.8. The predicted molar refractivity (Wildman–Crippen MR) is 126 cm³/mol. The molecule has 2 amide bonds. The minimum Gasteiger partial charge on any atom is -0.353 e. The van der Waals surface area contributed by atoms with E-state index in [0.29, 0.717) is 37.7 Å². The van der Waals surface area contributed by atoms with Gasteiger partial charge in [-0.3, -0.25) is 9.59 Å². The number of nitrogens with one attached hydrogen (secondary N) is 2. The van der Waals surface area contributed by atoms with Gasteiger partial charge in [0.15, 0.2) is 0 Å². The molecule has 0 aliphatic carbocycles. The summed E-state index contributed by atoms with van der Waals surface area (Å²) in [4.78, 5) is 30.5. The van der Waals surface area contributed by atoms with E-state index in [-0.39, 0.29) is 33.9 Å². The molecule has 9 nitrogen and oxygen atoms in total. The molecule has 4 rings (SSSR count). The number of pyridine rings is 1. The molecule has 176 valence electrons. The van der Waals surface area contributed by atoms with Gasteiger partial charge in [0.25, 0.3) is 5.91 Å². The first kappa shape index (κ1) is 23.5. The van der Waals surface area contributed by atoms with Crippen molar-refractivity contribution in [1.29, 1.82) is 0 Å². The Labute approximate surface area is 198 Å². The van der Waals surface area contributed by atoms with Gasteiger partial charge in [0, 0.05) is 31.7 Å². The number of hydrogen-bond donors (Lipinski definition) is 2. The van der Waals surface area contributed by atoms with Crippen LogP contribution in [0, 0.1) is 5.92 Å². The van der Waals surface area contributed by atoms with Crippen LogP contribution in [-0.4, -0.2) is 62.2 Å². The molecule has 0 unspecified atom stereocenters. The van der Waals surface area contributed by atoms with Gasteiger partial charge in [0.05, 0.1) is 23.5 Å². The fourth-order valence-electron chi connectivity index (χ4n) is 4.03. The molecule has 1 atom stereocenters. The Morgan fingerprint density at radius 2 is 2.06 bits per heavy atom. The van der Waals surface area contributed by atoms with E-state index >= 15 is 0 Å². The van der Waals surface area contributed by atoms with Crippen LogP contribution in [0.3, 0.4) is 0 Å². The second-order valence-electron chi connectivity index (χ2n) is 8.39. The van der Waals surface area contributed by atoms with Gasteiger partial charge in [0.2, 0.25) is 15.9 Å². The number of nitrogens with zero attached hydrogens (tertiary/aromatic N) is 3. The zero-order valence-corrected chi connectivity index (χ0v) is 19.8. The summed E-state index contributed by atoms with van der Waals surface area (Å²) < 4.78 is 27.8. The summed E-state index contributed by atoms with van der Waals surface area (Å²) >= 11 is 6.22. The number of carbonyl (C=O) groups excluding carboxylic acids is 2. The lowest BCUT2D eigenvalue weighted by Gasteiger charge is -2.30. The van der Waals surface area contributed by atoms with Crippen molar-refractivity contribution in [1.82, 2.24) is 14.6 Å². The molecule has 11 heteroatoms. The minimum atomic E-state index is -3.81. The smallest absolute Gasteiger partial charge is 0.255 e. The van der Waals surface area contributed by atoms with Crippen LogP contribution < -0.4 is 15.5 Å². The summed E-state index contributed by atoms with van der Waals surface area (Å²) in [5.41, 5.74) is 0.634. The van der Waals surface area contributed by atoms with Gasteiger partial charge in [-0.2, -0.15) is 4.31 Å². The van der Waals surface area contributed by atoms with Crippen LogP contribution in [0.5, 0.6) is 0 Å². The SMILES string of the molecule is C[C@H]1CCCN(S(=O)(=O)c2cc(C(=O)Nc3ccc(N4CCNC(=O)C4)nc3)ccc2Cl)C1. The number of piperazine rings is 1. The second kappa shape index (κ2) is 9.66. The zero-order chi connectivity index (χ0) is 23.6. The summed E-state index contributed by atoms with van der Waals surface area (Å²) in [5, 5.41) is 5.57. The molecule has 2 aromatic rings. The average molecular weight is 492 g/mol. The van der Waals surface area contributed by atoms with Crippen LogP contribution in [0.25, 0.3) is 0 Å². The number of benzene rings is 1. The maximum absolute atomic E-state index is 13.2. The van der Waals surface area contributed by atoms with Crippen molar-refractivity contribution in [2.75, 3.05) is 42.9 Å². The first-order valence-corrected chi connectivity index (χ1v) is 12.6. The number of amides is 2. The largest absolute Gasteiger partial charge is 0.353 e. The summed E-state index contributed by atoms with van der Waals surface area (Å²) in [6, 6.07) is 7.66. The third-order valence-electron chi connectivity index (χ3n) is 5.80. The quantitative estimate of drug-likeness (QED) is 0.664. The van der Waals surface area contributed by atoms with Crippen LogP contribution in [-0.2, 0) is 14.8 Å². The van der Waals surface area contributed by atoms with Gasteiger partial charge in [-0.1, -0.05) is 18.5 Å². The molecule has 1 aromatic carbocycles. The summed E-state index contributed by atoms with van der Waals surface area (Å²) in [6.45, 7) is 4.34. The number of piperidine rings is 1. The monoisotopic (exact) mass is 491 g/mol. The molecule has 2 aliphatic heterocycles. The van der Waals surface area contributed by atoms with Crippen molar-refractivity contribution in [2.45, 2.75) is 24.7 Å². The molecular weight excluding hydrogens is 466 g/mol. The first-order valence-electron chi connectivity index (χ1n) is 10.8. The molecule has 0 radical (unpaired) electrons. The third kappa shape index (κ3) is 5.29. The highest BCUT2D eigenvalue weighted by atomic mass is 35.5. The van der Waals surface area contributed by atoms with Crippen LogP contribution in [0.15, 0.2) is 41.4 Å². The average Bonchev–Trinajstić information content (AvgIpc) is 2.79. The highest BCUT2D eigenvalue weighted by Crippen LogP contribution is 2.29. The van der Waals surface area contributed by atoms with Gasteiger partial charge in [-0.15, -0.1) is 0 Å². The van der Waals surface area contributed by atoms with Crippen molar-refractivity contribution in [3.63, 3.8) is 0 Å². The molecule has 33 heavy (non-hydrogen) atoms. The Kier molecular flexibility index (Phi) is 6.87. The molecule has 2 N–H and O–H groups in total. The maximum atomic E-state index is 13.2. The van der Waals surface area contributed by atoms with E-state index in [1.165, 1.54) is 28.7 Å². The Balaban J connectivity index is 1.49. The molecule has 1 aromatic heterocycles. The maximum Gasteiger partial charge on any atom is 0.255 e. The molecule has 0 bridgehead atoms. The van der Waals surface area contributed by atoms with E-state index in [1.807, 2.05) is 11.8 Å². The van der Waals surface area contributed by atoms with E-state index in [9.17, 15) is 18.0 Å². The molecule has 0 saturated carbocycles. The lowest BCUT2D eigenvalue weighted by atomic mass is 10.0. The Bertz CT molecular complexity index is 1160. The van der Waals surface area contributed by atoms with Gasteiger partial charge in [-0.05, 0) is 49.1 Å². The lowest BCUT2D eigenvalue weighted by molar-refractivity contribution is -0.120. The number of rotatable bonds is 5. The number of hydrogen-bond acceptors (Lipinski definition) is 6. The number of aromatic nitrogens is 1. The fraction of sp³-hybridized carbons (Fsp3) is 0.409. The van der Waals surface area contributed by atoms with Crippen molar-refractivity contribution >= 4 is 44.9 Å². The van der Waals surface area contributed by atoms with E-state index in [2.05, 4.69) is 15.6 Å². The van der Waals surface area contributed by atoms with Crippen molar-refractivity contribution in [3.05, 3.63) is 47.1 Å². The number of anilines is 2. The van der Waals surface area contributed by atoms with Gasteiger partial charge in [-0.25, -0.2) is 13.4 Å². The zero-order valence-electron chi connectivity index (χ0n) is 18.3. The fourth-order valence-corrected chi connectivity index (χ4v) is 6.13. The van der Waals surface area contributed by atoms with E-state index in [4.69, 9.17) is 11.6 Å². The van der Waals surface area contributed by atoms with E-state index in [1.54, 1.807) is 12.1 Å². The highest BCUT2D eigenvalue weighted by molar-refractivity contribution is 7.89. The third-order valence-corrected chi connectivity index (χ3v) is 8.15. The number of halogens is 1. The summed E-state index contributed by atoms with van der Waals surface area (Å²) in [7, 11) is -3.81. The van der Waals surface area contributed by atoms with E-state index in [0.717, 1.165) is 12.8 Å². The van der Waals surface area contributed by atoms with Gasteiger partial charge < -0.3 is 15.5 Å². The van der Waals surface area contributed by atoms with E-state index < -0.39 is 15.9 Å². The molecule has 2 saturated heterocycles. The number of sulfonamides is 1. The van der Waals surface area contributed by atoms with Crippen LogP contribution in [0.1, 0.15) is 30.1 Å². The Hall–Kier alpha value is -2.69. The molecule has 2 aliphatic rings. The lowest BCUT2D eigenvalue weighted by Crippen LogP contribution is -2.48. The second-order valence-corrected chi connectivity index (χ2v) is 10.7. The summed E-state index contributed by atoms with van der Waals surface area (Å²) in [6.07, 6.45) is 3.28. The molecule has 2 fully saturated rings. The molecule has 3 heterocycles. The summed E-state index contributed by atoms with van der Waals surface area (Å²) in [5.74, 6) is 0.377. The molecule has 0 spiro atoms. The standard InChI is InChI=1S/C22H26ClN5O4S/c1-15-3-2-9-28(13-15)33(31,32)19-11-16(4-6-18(19)23)22(30)26-17-5-7-20(25-12-17)27-10-8-24-21(29)14-27/h4-7,11-12,15H,2-3,8-10,13-14H2,1H3,(H,24,29)(H,26,30)/t15-/m0/s1. The van der Waals surface area contributed by atoms with Crippen molar-refractivity contribution < 1.29 is 18.0 Å². The van der Waals surface area contributed by atoms with Gasteiger partial charge >= 0.3 is 0 Å². The Morgan fingerprint density at radius 1 is 1.24 bits per heavy atom. The van der Waals surface area contributed by atoms with Gasteiger partial charge in [0.1, 0.15) is 10.7 Å². The van der Waals surface area contributed by atoms with Crippen molar-refractivity contribution in [3.8, 4) is 0 Å². The minimum absolute atomic E-state index is 0.0621. The molecular formula is C22H26ClN5O4S. The van der Waals surface area contributed by atoms with Crippen LogP contribution in [0.2, 0.25) is 5.02 Å². The topological polar surface area (TPSA) is 112 Å². The predicted octanol–water partition coefficient (Wildman–Crippen LogP) is 2.34. The van der Waals surface area contributed by atoms with Crippen molar-refractivity contribution in [2.24, 2.45) is 5.92 Å².